The zero-order valence-electron chi connectivity index (χ0n) is 27.1. The number of aromatic nitrogens is 1. The van der Waals surface area contributed by atoms with E-state index < -0.39 is 0 Å². The molecule has 1 N–H and O–H groups in total. The predicted octanol–water partition coefficient (Wildman–Crippen LogP) is 12.0. The number of amidine groups is 1. The smallest absolute Gasteiger partial charge is 0.135 e. The van der Waals surface area contributed by atoms with Crippen molar-refractivity contribution in [2.24, 2.45) is 4.99 Å². The van der Waals surface area contributed by atoms with Crippen molar-refractivity contribution in [3.05, 3.63) is 193 Å². The predicted molar refractivity (Wildman–Crippen MR) is 212 cm³/mol. The summed E-state index contributed by atoms with van der Waals surface area (Å²) in [6.07, 6.45) is 2.28. The maximum atomic E-state index is 5.42. The first kappa shape index (κ1) is 28.8. The van der Waals surface area contributed by atoms with Crippen LogP contribution >= 0.6 is 11.3 Å². The van der Waals surface area contributed by atoms with E-state index in [1.807, 2.05) is 11.3 Å². The van der Waals surface area contributed by atoms with Crippen molar-refractivity contribution in [2.45, 2.75) is 6.04 Å². The fraction of sp³-hybridized carbons (Fsp3) is 0.0217. The van der Waals surface area contributed by atoms with E-state index >= 15 is 0 Å². The third-order valence-electron chi connectivity index (χ3n) is 9.87. The molecule has 0 radical (unpaired) electrons. The van der Waals surface area contributed by atoms with Gasteiger partial charge in [0.25, 0.3) is 0 Å². The molecule has 9 aromatic rings. The van der Waals surface area contributed by atoms with E-state index in [1.165, 1.54) is 53.2 Å². The van der Waals surface area contributed by atoms with E-state index in [0.29, 0.717) is 0 Å². The largest absolute Gasteiger partial charge is 0.359 e. The molecule has 0 saturated carbocycles. The number of aliphatic imine (C=N–C) groups is 1. The Hall–Kier alpha value is -6.23. The van der Waals surface area contributed by atoms with E-state index in [9.17, 15) is 0 Å². The monoisotopic (exact) mass is 657 g/mol. The van der Waals surface area contributed by atoms with Crippen LogP contribution in [0.25, 0.3) is 64.5 Å². The standard InChI is InChI=1S/C46H31N3S/c1-3-12-30(13-4-1)31-22-24-32(25-23-31)39-29-40(33-26-27-36-35-16-8-10-21-43(35)50-44(36)28-33)48-46(47-39)38-18-11-20-42-45(38)37-17-7-9-19-41(37)49(42)34-14-5-2-6-15-34/h1-29,39H,(H,47,48). The number of thiophene rings is 1. The zero-order chi connectivity index (χ0) is 33.0. The molecular formula is C46H31N3S. The van der Waals surface area contributed by atoms with Gasteiger partial charge in [-0.15, -0.1) is 11.3 Å². The maximum absolute atomic E-state index is 5.42. The highest BCUT2D eigenvalue weighted by Gasteiger charge is 2.24. The van der Waals surface area contributed by atoms with E-state index in [0.717, 1.165) is 33.9 Å². The topological polar surface area (TPSA) is 29.3 Å². The van der Waals surface area contributed by atoms with Crippen LogP contribution in [0.3, 0.4) is 0 Å². The summed E-state index contributed by atoms with van der Waals surface area (Å²) >= 11 is 1.84. The molecule has 3 nitrogen and oxygen atoms in total. The molecule has 10 rings (SSSR count). The van der Waals surface area contributed by atoms with Crippen LogP contribution in [0.2, 0.25) is 0 Å². The molecule has 3 heterocycles. The number of rotatable bonds is 5. The van der Waals surface area contributed by atoms with Crippen molar-refractivity contribution >= 4 is 64.8 Å². The molecule has 1 aliphatic rings. The second-order valence-corrected chi connectivity index (χ2v) is 13.9. The van der Waals surface area contributed by atoms with Crippen molar-refractivity contribution < 1.29 is 0 Å². The minimum absolute atomic E-state index is 0.0712. The number of para-hydroxylation sites is 2. The van der Waals surface area contributed by atoms with Gasteiger partial charge in [0.1, 0.15) is 5.84 Å². The van der Waals surface area contributed by atoms with Crippen molar-refractivity contribution in [1.82, 2.24) is 9.88 Å². The highest BCUT2D eigenvalue weighted by Crippen LogP contribution is 2.39. The van der Waals surface area contributed by atoms with Crippen molar-refractivity contribution in [2.75, 3.05) is 0 Å². The van der Waals surface area contributed by atoms with Gasteiger partial charge in [0.2, 0.25) is 0 Å². The number of nitrogens with zero attached hydrogens (tertiary/aromatic N) is 2. The Morgan fingerprint density at radius 1 is 0.520 bits per heavy atom. The fourth-order valence-corrected chi connectivity index (χ4v) is 8.63. The average molecular weight is 658 g/mol. The normalized spacial score (nSPS) is 14.6. The van der Waals surface area contributed by atoms with Crippen molar-refractivity contribution in [3.8, 4) is 16.8 Å². The highest BCUT2D eigenvalue weighted by atomic mass is 32.1. The minimum atomic E-state index is -0.0712. The third-order valence-corrected chi connectivity index (χ3v) is 11.0. The SMILES string of the molecule is C1=C(c2ccc3c(c2)sc2ccccc23)N=C(c2cccc3c2c2ccccc2n3-c2ccccc2)NC1c1ccc(-c2ccccc2)cc1. The molecule has 1 aliphatic heterocycles. The van der Waals surface area contributed by atoms with Crippen LogP contribution in [0.4, 0.5) is 0 Å². The van der Waals surface area contributed by atoms with Crippen LogP contribution in [-0.2, 0) is 0 Å². The summed E-state index contributed by atoms with van der Waals surface area (Å²) in [4.78, 5) is 5.42. The molecule has 4 heteroatoms. The van der Waals surface area contributed by atoms with Gasteiger partial charge in [-0.25, -0.2) is 4.99 Å². The number of fused-ring (bicyclic) bond motifs is 6. The number of benzene rings is 7. The number of hydrogen-bond acceptors (Lipinski definition) is 3. The van der Waals surface area contributed by atoms with Crippen LogP contribution < -0.4 is 5.32 Å². The lowest BCUT2D eigenvalue weighted by Crippen LogP contribution is -2.31. The molecule has 0 bridgehead atoms. The van der Waals surface area contributed by atoms with Gasteiger partial charge >= 0.3 is 0 Å². The lowest BCUT2D eigenvalue weighted by molar-refractivity contribution is 0.781. The molecule has 0 fully saturated rings. The molecule has 0 spiro atoms. The minimum Gasteiger partial charge on any atom is -0.359 e. The second kappa shape index (κ2) is 11.7. The highest BCUT2D eigenvalue weighted by molar-refractivity contribution is 7.25. The molecule has 7 aromatic carbocycles. The summed E-state index contributed by atoms with van der Waals surface area (Å²) in [6, 6.07) is 60.8. The molecule has 0 aliphatic carbocycles. The third kappa shape index (κ3) is 4.76. The summed E-state index contributed by atoms with van der Waals surface area (Å²) in [5.41, 5.74) is 10.3. The second-order valence-electron chi connectivity index (χ2n) is 12.8. The van der Waals surface area contributed by atoms with Gasteiger partial charge in [-0.3, -0.25) is 0 Å². The fourth-order valence-electron chi connectivity index (χ4n) is 7.49. The Morgan fingerprint density at radius 3 is 2.02 bits per heavy atom. The van der Waals surface area contributed by atoms with Crippen LogP contribution in [0.1, 0.15) is 22.7 Å². The summed E-state index contributed by atoms with van der Waals surface area (Å²) in [6.45, 7) is 0. The van der Waals surface area contributed by atoms with Crippen molar-refractivity contribution in [1.29, 1.82) is 0 Å². The Labute approximate surface area is 294 Å². The average Bonchev–Trinajstić information content (AvgIpc) is 3.74. The molecule has 0 amide bonds. The lowest BCUT2D eigenvalue weighted by Gasteiger charge is -2.25. The van der Waals surface area contributed by atoms with Crippen LogP contribution in [-0.4, -0.2) is 10.4 Å². The van der Waals surface area contributed by atoms with Gasteiger partial charge in [0.15, 0.2) is 0 Å². The molecule has 2 aromatic heterocycles. The Kier molecular flexibility index (Phi) is 6.74. The zero-order valence-corrected chi connectivity index (χ0v) is 27.9. The number of hydrogen-bond donors (Lipinski definition) is 1. The van der Waals surface area contributed by atoms with E-state index in [-0.39, 0.29) is 6.04 Å². The Morgan fingerprint density at radius 2 is 1.18 bits per heavy atom. The first-order valence-corrected chi connectivity index (χ1v) is 17.8. The molecule has 1 atom stereocenters. The summed E-state index contributed by atoms with van der Waals surface area (Å²) in [5, 5.41) is 8.87. The van der Waals surface area contributed by atoms with Crippen LogP contribution in [0, 0.1) is 0 Å². The van der Waals surface area contributed by atoms with E-state index in [1.54, 1.807) is 0 Å². The first-order valence-electron chi connectivity index (χ1n) is 17.0. The Bertz CT molecular complexity index is 2770. The van der Waals surface area contributed by atoms with Crippen molar-refractivity contribution in [3.63, 3.8) is 0 Å². The lowest BCUT2D eigenvalue weighted by atomic mass is 9.96. The van der Waals surface area contributed by atoms with E-state index in [4.69, 9.17) is 4.99 Å². The van der Waals surface area contributed by atoms with Gasteiger partial charge in [-0.05, 0) is 59.2 Å². The van der Waals surface area contributed by atoms with Gasteiger partial charge < -0.3 is 9.88 Å². The Balaban J connectivity index is 1.15. The molecule has 1 unspecified atom stereocenters. The van der Waals surface area contributed by atoms with Gasteiger partial charge in [-0.1, -0.05) is 133 Å². The van der Waals surface area contributed by atoms with Crippen LogP contribution in [0.15, 0.2) is 181 Å². The molecule has 0 saturated heterocycles. The summed E-state index contributed by atoms with van der Waals surface area (Å²) in [5.74, 6) is 0.873. The maximum Gasteiger partial charge on any atom is 0.135 e. The number of nitrogens with one attached hydrogen (secondary N) is 1. The summed E-state index contributed by atoms with van der Waals surface area (Å²) in [7, 11) is 0. The quantitative estimate of drug-likeness (QED) is 0.196. The summed E-state index contributed by atoms with van der Waals surface area (Å²) < 4.78 is 4.95. The molecule has 236 valence electrons. The van der Waals surface area contributed by atoms with Gasteiger partial charge in [0.05, 0.1) is 22.8 Å². The molecular weight excluding hydrogens is 627 g/mol. The van der Waals surface area contributed by atoms with E-state index in [2.05, 4.69) is 186 Å². The van der Waals surface area contributed by atoms with Gasteiger partial charge in [-0.2, -0.15) is 0 Å². The molecule has 50 heavy (non-hydrogen) atoms. The van der Waals surface area contributed by atoms with Gasteiger partial charge in [0, 0.05) is 47.8 Å². The first-order chi connectivity index (χ1) is 24.8. The van der Waals surface area contributed by atoms with Crippen LogP contribution in [0.5, 0.6) is 0 Å².